The van der Waals surface area contributed by atoms with Crippen LogP contribution in [-0.2, 0) is 9.53 Å². The Labute approximate surface area is 137 Å². The molecule has 8 heteroatoms. The van der Waals surface area contributed by atoms with Crippen molar-refractivity contribution < 1.29 is 14.6 Å². The standard InChI is InChI=1S/C14H16ClN3O3S/c1-3-21-9(2)13-16-17-14(22-8-12(19)20)18(13)11-6-4-10(15)5-7-11/h4-7,9H,3,8H2,1-2H3,(H,19,20)/t9-/m1/s1. The lowest BCUT2D eigenvalue weighted by molar-refractivity contribution is -0.133. The summed E-state index contributed by atoms with van der Waals surface area (Å²) in [7, 11) is 0. The largest absolute Gasteiger partial charge is 0.481 e. The fourth-order valence-electron chi connectivity index (χ4n) is 1.92. The van der Waals surface area contributed by atoms with Crippen molar-refractivity contribution in [3.63, 3.8) is 0 Å². The van der Waals surface area contributed by atoms with E-state index in [1.165, 1.54) is 0 Å². The molecule has 1 heterocycles. The second-order valence-corrected chi connectivity index (χ2v) is 5.81. The molecule has 0 unspecified atom stereocenters. The van der Waals surface area contributed by atoms with Gasteiger partial charge in [-0.2, -0.15) is 0 Å². The number of carboxylic acid groups (broad SMARTS) is 1. The normalized spacial score (nSPS) is 12.3. The van der Waals surface area contributed by atoms with Gasteiger partial charge in [-0.05, 0) is 38.1 Å². The van der Waals surface area contributed by atoms with Crippen LogP contribution in [0.15, 0.2) is 29.4 Å². The van der Waals surface area contributed by atoms with Crippen LogP contribution in [0.5, 0.6) is 0 Å². The summed E-state index contributed by atoms with van der Waals surface area (Å²) in [5.41, 5.74) is 0.809. The lowest BCUT2D eigenvalue weighted by Gasteiger charge is -2.14. The lowest BCUT2D eigenvalue weighted by atomic mass is 10.3. The second kappa shape index (κ2) is 7.62. The highest BCUT2D eigenvalue weighted by Crippen LogP contribution is 2.27. The maximum Gasteiger partial charge on any atom is 0.313 e. The van der Waals surface area contributed by atoms with Gasteiger partial charge in [0.05, 0.1) is 5.75 Å². The predicted octanol–water partition coefficient (Wildman–Crippen LogP) is 3.19. The van der Waals surface area contributed by atoms with E-state index in [1.807, 2.05) is 26.0 Å². The minimum absolute atomic E-state index is 0.0886. The van der Waals surface area contributed by atoms with Crippen molar-refractivity contribution >= 4 is 29.3 Å². The van der Waals surface area contributed by atoms with Crippen LogP contribution in [-0.4, -0.2) is 38.2 Å². The van der Waals surface area contributed by atoms with Crippen molar-refractivity contribution in [2.24, 2.45) is 0 Å². The van der Waals surface area contributed by atoms with Crippen LogP contribution in [0, 0.1) is 0 Å². The smallest absolute Gasteiger partial charge is 0.313 e. The molecule has 0 aliphatic carbocycles. The molecule has 1 aromatic heterocycles. The van der Waals surface area contributed by atoms with E-state index in [0.29, 0.717) is 22.6 Å². The van der Waals surface area contributed by atoms with E-state index in [0.717, 1.165) is 17.4 Å². The van der Waals surface area contributed by atoms with Crippen LogP contribution >= 0.6 is 23.4 Å². The number of thioether (sulfide) groups is 1. The average Bonchev–Trinajstić information content (AvgIpc) is 2.90. The lowest BCUT2D eigenvalue weighted by Crippen LogP contribution is -2.09. The molecule has 22 heavy (non-hydrogen) atoms. The molecule has 0 aliphatic heterocycles. The molecule has 0 fully saturated rings. The first kappa shape index (κ1) is 16.8. The number of aliphatic carboxylic acids is 1. The molecule has 0 bridgehead atoms. The van der Waals surface area contributed by atoms with Crippen molar-refractivity contribution in [3.8, 4) is 5.69 Å². The number of aromatic nitrogens is 3. The third kappa shape index (κ3) is 4.00. The number of carboxylic acids is 1. The van der Waals surface area contributed by atoms with Gasteiger partial charge >= 0.3 is 5.97 Å². The Morgan fingerprint density at radius 3 is 2.68 bits per heavy atom. The summed E-state index contributed by atoms with van der Waals surface area (Å²) in [5, 5.41) is 18.2. The SMILES string of the molecule is CCO[C@H](C)c1nnc(SCC(=O)O)n1-c1ccc(Cl)cc1. The molecule has 0 radical (unpaired) electrons. The maximum absolute atomic E-state index is 10.8. The Morgan fingerprint density at radius 1 is 1.41 bits per heavy atom. The van der Waals surface area contributed by atoms with Gasteiger partial charge in [0, 0.05) is 17.3 Å². The minimum atomic E-state index is -0.907. The number of ether oxygens (including phenoxy) is 1. The highest BCUT2D eigenvalue weighted by Gasteiger charge is 2.20. The highest BCUT2D eigenvalue weighted by atomic mass is 35.5. The number of benzene rings is 1. The number of rotatable bonds is 7. The van der Waals surface area contributed by atoms with E-state index in [9.17, 15) is 4.79 Å². The maximum atomic E-state index is 10.8. The number of halogens is 1. The number of hydrogen-bond donors (Lipinski definition) is 1. The van der Waals surface area contributed by atoms with Crippen LogP contribution < -0.4 is 0 Å². The van der Waals surface area contributed by atoms with E-state index in [1.54, 1.807) is 16.7 Å². The van der Waals surface area contributed by atoms with Crippen molar-refractivity contribution in [3.05, 3.63) is 35.1 Å². The number of hydrogen-bond acceptors (Lipinski definition) is 5. The zero-order valence-electron chi connectivity index (χ0n) is 12.2. The van der Waals surface area contributed by atoms with E-state index in [4.69, 9.17) is 21.4 Å². The molecule has 0 aliphatic rings. The van der Waals surface area contributed by atoms with Crippen molar-refractivity contribution in [2.75, 3.05) is 12.4 Å². The highest BCUT2D eigenvalue weighted by molar-refractivity contribution is 7.99. The Kier molecular flexibility index (Phi) is 5.82. The van der Waals surface area contributed by atoms with Gasteiger partial charge in [-0.3, -0.25) is 9.36 Å². The Bertz CT molecular complexity index is 645. The first-order valence-electron chi connectivity index (χ1n) is 6.70. The van der Waals surface area contributed by atoms with Crippen LogP contribution in [0.2, 0.25) is 5.02 Å². The predicted molar refractivity (Wildman–Crippen MR) is 84.8 cm³/mol. The fourth-order valence-corrected chi connectivity index (χ4v) is 2.73. The van der Waals surface area contributed by atoms with Crippen molar-refractivity contribution in [1.82, 2.24) is 14.8 Å². The van der Waals surface area contributed by atoms with Crippen LogP contribution in [0.3, 0.4) is 0 Å². The van der Waals surface area contributed by atoms with Crippen LogP contribution in [0.25, 0.3) is 5.69 Å². The van der Waals surface area contributed by atoms with E-state index >= 15 is 0 Å². The zero-order valence-corrected chi connectivity index (χ0v) is 13.8. The third-order valence-electron chi connectivity index (χ3n) is 2.85. The van der Waals surface area contributed by atoms with Crippen molar-refractivity contribution in [1.29, 1.82) is 0 Å². The second-order valence-electron chi connectivity index (χ2n) is 4.43. The van der Waals surface area contributed by atoms with E-state index in [2.05, 4.69) is 10.2 Å². The van der Waals surface area contributed by atoms with Gasteiger partial charge in [-0.15, -0.1) is 10.2 Å². The molecule has 0 saturated carbocycles. The third-order valence-corrected chi connectivity index (χ3v) is 4.01. The van der Waals surface area contributed by atoms with Crippen molar-refractivity contribution in [2.45, 2.75) is 25.1 Å². The number of carbonyl (C=O) groups is 1. The fraction of sp³-hybridized carbons (Fsp3) is 0.357. The monoisotopic (exact) mass is 341 g/mol. The first-order valence-corrected chi connectivity index (χ1v) is 8.06. The molecule has 1 aromatic carbocycles. The summed E-state index contributed by atoms with van der Waals surface area (Å²) in [6.07, 6.45) is -0.257. The summed E-state index contributed by atoms with van der Waals surface area (Å²) in [5.74, 6) is -0.374. The Hall–Kier alpha value is -1.57. The molecule has 2 aromatic rings. The van der Waals surface area contributed by atoms with Crippen LogP contribution in [0.1, 0.15) is 25.8 Å². The molecule has 0 spiro atoms. The number of nitrogens with zero attached hydrogens (tertiary/aromatic N) is 3. The van der Waals surface area contributed by atoms with Gasteiger partial charge in [-0.1, -0.05) is 23.4 Å². The van der Waals surface area contributed by atoms with Crippen LogP contribution in [0.4, 0.5) is 0 Å². The van der Waals surface area contributed by atoms with E-state index in [-0.39, 0.29) is 11.9 Å². The van der Waals surface area contributed by atoms with Gasteiger partial charge in [-0.25, -0.2) is 0 Å². The van der Waals surface area contributed by atoms with Gasteiger partial charge in [0.1, 0.15) is 6.10 Å². The van der Waals surface area contributed by atoms with Gasteiger partial charge < -0.3 is 9.84 Å². The molecule has 1 atom stereocenters. The minimum Gasteiger partial charge on any atom is -0.481 e. The Balaban J connectivity index is 2.42. The topological polar surface area (TPSA) is 77.2 Å². The summed E-state index contributed by atoms with van der Waals surface area (Å²) in [6, 6.07) is 7.19. The average molecular weight is 342 g/mol. The molecule has 2 rings (SSSR count). The molecular formula is C14H16ClN3O3S. The summed E-state index contributed by atoms with van der Waals surface area (Å²) in [4.78, 5) is 10.8. The zero-order chi connectivity index (χ0) is 16.1. The van der Waals surface area contributed by atoms with Gasteiger partial charge in [0.25, 0.3) is 0 Å². The van der Waals surface area contributed by atoms with Gasteiger partial charge in [0.15, 0.2) is 11.0 Å². The Morgan fingerprint density at radius 2 is 2.09 bits per heavy atom. The summed E-state index contributed by atoms with van der Waals surface area (Å²) < 4.78 is 7.37. The van der Waals surface area contributed by atoms with E-state index < -0.39 is 5.97 Å². The molecular weight excluding hydrogens is 326 g/mol. The molecule has 1 N–H and O–H groups in total. The summed E-state index contributed by atoms with van der Waals surface area (Å²) in [6.45, 7) is 4.33. The molecule has 6 nitrogen and oxygen atoms in total. The molecule has 0 amide bonds. The first-order chi connectivity index (χ1) is 10.5. The molecule has 118 valence electrons. The quantitative estimate of drug-likeness (QED) is 0.779. The summed E-state index contributed by atoms with van der Waals surface area (Å²) >= 11 is 7.03. The molecule has 0 saturated heterocycles. The van der Waals surface area contributed by atoms with Gasteiger partial charge in [0.2, 0.25) is 0 Å².